The average molecular weight is 360 g/mol. The van der Waals surface area contributed by atoms with Crippen LogP contribution in [0.3, 0.4) is 0 Å². The van der Waals surface area contributed by atoms with Crippen LogP contribution in [-0.2, 0) is 0 Å². The Kier molecular flexibility index (Phi) is 15.7. The van der Waals surface area contributed by atoms with Gasteiger partial charge in [-0.15, -0.1) is 0 Å². The highest BCUT2D eigenvalue weighted by Gasteiger charge is 2.04. The van der Waals surface area contributed by atoms with Gasteiger partial charge >= 0.3 is 0 Å². The van der Waals surface area contributed by atoms with E-state index in [4.69, 9.17) is 5.73 Å². The third-order valence-corrected chi connectivity index (χ3v) is 5.60. The predicted molar refractivity (Wildman–Crippen MR) is 118 cm³/mol. The van der Waals surface area contributed by atoms with E-state index in [2.05, 4.69) is 37.3 Å². The first-order valence-electron chi connectivity index (χ1n) is 11.6. The molecule has 0 aliphatic rings. The summed E-state index contributed by atoms with van der Waals surface area (Å²) in [5.74, 6) is 0. The number of hydrogen-bond donors (Lipinski definition) is 1. The monoisotopic (exact) mass is 359 g/mol. The van der Waals surface area contributed by atoms with Crippen LogP contribution in [-0.4, -0.2) is 0 Å². The van der Waals surface area contributed by atoms with Crippen molar-refractivity contribution in [2.45, 2.75) is 122 Å². The number of rotatable bonds is 18. The van der Waals surface area contributed by atoms with Crippen LogP contribution >= 0.6 is 0 Å². The molecule has 1 nitrogen and oxygen atoms in total. The van der Waals surface area contributed by atoms with Crippen molar-refractivity contribution in [1.82, 2.24) is 0 Å². The Morgan fingerprint density at radius 2 is 0.962 bits per heavy atom. The maximum Gasteiger partial charge on any atom is 0.0294 e. The van der Waals surface area contributed by atoms with Crippen LogP contribution < -0.4 is 5.73 Å². The van der Waals surface area contributed by atoms with Gasteiger partial charge in [-0.05, 0) is 12.0 Å². The lowest BCUT2D eigenvalue weighted by molar-refractivity contribution is 0.518. The molecular weight excluding hydrogens is 314 g/mol. The van der Waals surface area contributed by atoms with Gasteiger partial charge in [0.15, 0.2) is 0 Å². The van der Waals surface area contributed by atoms with Crippen molar-refractivity contribution in [2.75, 3.05) is 0 Å². The second-order valence-corrected chi connectivity index (χ2v) is 8.11. The molecular formula is C25H45N. The summed E-state index contributed by atoms with van der Waals surface area (Å²) >= 11 is 0. The number of unbranched alkanes of at least 4 members (excludes halogenated alkanes) is 15. The second-order valence-electron chi connectivity index (χ2n) is 8.11. The number of benzene rings is 1. The Morgan fingerprint density at radius 3 is 1.38 bits per heavy atom. The van der Waals surface area contributed by atoms with Crippen LogP contribution in [0.2, 0.25) is 0 Å². The summed E-state index contributed by atoms with van der Waals surface area (Å²) in [5.41, 5.74) is 7.54. The fourth-order valence-corrected chi connectivity index (χ4v) is 3.78. The molecule has 0 aliphatic carbocycles. The Morgan fingerprint density at radius 1 is 0.577 bits per heavy atom. The number of nitrogens with two attached hydrogens (primary N) is 1. The third-order valence-electron chi connectivity index (χ3n) is 5.60. The largest absolute Gasteiger partial charge is 0.324 e. The molecule has 0 saturated carbocycles. The van der Waals surface area contributed by atoms with Gasteiger partial charge in [0.2, 0.25) is 0 Å². The predicted octanol–water partition coefficient (Wildman–Crippen LogP) is 8.34. The van der Waals surface area contributed by atoms with Crippen molar-refractivity contribution in [3.05, 3.63) is 35.9 Å². The van der Waals surface area contributed by atoms with Crippen LogP contribution in [0.25, 0.3) is 0 Å². The topological polar surface area (TPSA) is 26.0 Å². The molecule has 0 fully saturated rings. The van der Waals surface area contributed by atoms with Crippen LogP contribution in [0.5, 0.6) is 0 Å². The lowest BCUT2D eigenvalue weighted by atomic mass is 10.00. The highest BCUT2D eigenvalue weighted by atomic mass is 14.6. The molecule has 26 heavy (non-hydrogen) atoms. The molecule has 1 atom stereocenters. The summed E-state index contributed by atoms with van der Waals surface area (Å²) in [6, 6.07) is 10.8. The summed E-state index contributed by atoms with van der Waals surface area (Å²) < 4.78 is 0. The summed E-state index contributed by atoms with van der Waals surface area (Å²) in [5, 5.41) is 0. The molecule has 0 saturated heterocycles. The quantitative estimate of drug-likeness (QED) is 0.262. The van der Waals surface area contributed by atoms with Crippen molar-refractivity contribution in [3.8, 4) is 0 Å². The third kappa shape index (κ3) is 13.4. The molecule has 1 rings (SSSR count). The SMILES string of the molecule is CCCCCCCCCCCCCCCCCCC(N)c1ccccc1. The van der Waals surface area contributed by atoms with Crippen molar-refractivity contribution in [1.29, 1.82) is 0 Å². The molecule has 0 spiro atoms. The molecule has 0 aromatic heterocycles. The summed E-state index contributed by atoms with van der Waals surface area (Å²) in [6.07, 6.45) is 23.9. The van der Waals surface area contributed by atoms with E-state index in [1.54, 1.807) is 0 Å². The van der Waals surface area contributed by atoms with Gasteiger partial charge in [0.05, 0.1) is 0 Å². The second kappa shape index (κ2) is 17.6. The molecule has 2 N–H and O–H groups in total. The van der Waals surface area contributed by atoms with Gasteiger partial charge in [0, 0.05) is 6.04 Å². The van der Waals surface area contributed by atoms with Crippen LogP contribution in [0.1, 0.15) is 128 Å². The van der Waals surface area contributed by atoms with Gasteiger partial charge in [-0.3, -0.25) is 0 Å². The Bertz CT molecular complexity index is 386. The van der Waals surface area contributed by atoms with Gasteiger partial charge in [0.25, 0.3) is 0 Å². The highest BCUT2D eigenvalue weighted by Crippen LogP contribution is 2.18. The van der Waals surface area contributed by atoms with E-state index >= 15 is 0 Å². The van der Waals surface area contributed by atoms with Crippen LogP contribution in [0.15, 0.2) is 30.3 Å². The summed E-state index contributed by atoms with van der Waals surface area (Å²) in [6.45, 7) is 2.29. The van der Waals surface area contributed by atoms with E-state index in [1.165, 1.54) is 108 Å². The molecule has 1 aromatic rings. The van der Waals surface area contributed by atoms with E-state index in [9.17, 15) is 0 Å². The minimum atomic E-state index is 0.225. The zero-order chi connectivity index (χ0) is 18.7. The normalized spacial score (nSPS) is 12.4. The van der Waals surface area contributed by atoms with E-state index in [-0.39, 0.29) is 6.04 Å². The van der Waals surface area contributed by atoms with E-state index in [0.717, 1.165) is 6.42 Å². The first-order valence-corrected chi connectivity index (χ1v) is 11.6. The Balaban J connectivity index is 1.76. The smallest absolute Gasteiger partial charge is 0.0294 e. The van der Waals surface area contributed by atoms with Crippen LogP contribution in [0.4, 0.5) is 0 Å². The molecule has 0 bridgehead atoms. The minimum absolute atomic E-state index is 0.225. The molecule has 1 unspecified atom stereocenters. The first kappa shape index (κ1) is 23.2. The fourth-order valence-electron chi connectivity index (χ4n) is 3.78. The molecule has 1 aromatic carbocycles. The van der Waals surface area contributed by atoms with Crippen molar-refractivity contribution in [3.63, 3.8) is 0 Å². The maximum absolute atomic E-state index is 6.26. The standard InChI is InChI=1S/C25H45N/c1-2-3-4-5-6-7-8-9-10-11-12-13-14-15-16-20-23-25(26)24-21-18-17-19-22-24/h17-19,21-22,25H,2-16,20,23,26H2,1H3. The summed E-state index contributed by atoms with van der Waals surface area (Å²) in [4.78, 5) is 0. The molecule has 0 heterocycles. The average Bonchev–Trinajstić information content (AvgIpc) is 2.68. The molecule has 150 valence electrons. The maximum atomic E-state index is 6.26. The molecule has 0 aliphatic heterocycles. The van der Waals surface area contributed by atoms with Crippen molar-refractivity contribution < 1.29 is 0 Å². The van der Waals surface area contributed by atoms with Crippen molar-refractivity contribution >= 4 is 0 Å². The Hall–Kier alpha value is -0.820. The lowest BCUT2D eigenvalue weighted by Gasteiger charge is -2.11. The first-order chi connectivity index (χ1) is 12.8. The molecule has 0 amide bonds. The molecule has 0 radical (unpaired) electrons. The van der Waals surface area contributed by atoms with Gasteiger partial charge < -0.3 is 5.73 Å². The zero-order valence-electron chi connectivity index (χ0n) is 17.6. The van der Waals surface area contributed by atoms with Crippen LogP contribution in [0, 0.1) is 0 Å². The number of hydrogen-bond acceptors (Lipinski definition) is 1. The van der Waals surface area contributed by atoms with E-state index < -0.39 is 0 Å². The molecule has 1 heteroatoms. The Labute approximate surface area is 164 Å². The van der Waals surface area contributed by atoms with Gasteiger partial charge in [-0.25, -0.2) is 0 Å². The van der Waals surface area contributed by atoms with Gasteiger partial charge in [-0.1, -0.05) is 140 Å². The highest BCUT2D eigenvalue weighted by molar-refractivity contribution is 5.18. The fraction of sp³-hybridized carbons (Fsp3) is 0.760. The summed E-state index contributed by atoms with van der Waals surface area (Å²) in [7, 11) is 0. The van der Waals surface area contributed by atoms with E-state index in [1.807, 2.05) is 0 Å². The van der Waals surface area contributed by atoms with Crippen molar-refractivity contribution in [2.24, 2.45) is 5.73 Å². The minimum Gasteiger partial charge on any atom is -0.324 e. The van der Waals surface area contributed by atoms with Gasteiger partial charge in [-0.2, -0.15) is 0 Å². The zero-order valence-corrected chi connectivity index (χ0v) is 17.6. The van der Waals surface area contributed by atoms with Gasteiger partial charge in [0.1, 0.15) is 0 Å². The van der Waals surface area contributed by atoms with E-state index in [0.29, 0.717) is 0 Å². The lowest BCUT2D eigenvalue weighted by Crippen LogP contribution is -2.09.